The van der Waals surface area contributed by atoms with Crippen LogP contribution in [-0.4, -0.2) is 10.2 Å². The first-order valence-corrected chi connectivity index (χ1v) is 6.84. The van der Waals surface area contributed by atoms with Crippen LogP contribution < -0.4 is 5.32 Å². The SMILES string of the molecule is Fc1ccc(C(NCc2cn[nH]c2)c2ccccc2)cc1. The van der Waals surface area contributed by atoms with Crippen LogP contribution in [0.1, 0.15) is 22.7 Å². The molecule has 2 aromatic carbocycles. The Bertz CT molecular complexity index is 663. The number of nitrogens with one attached hydrogen (secondary N) is 2. The molecule has 0 aliphatic carbocycles. The maximum absolute atomic E-state index is 13.1. The molecule has 0 saturated heterocycles. The number of hydrogen-bond acceptors (Lipinski definition) is 2. The van der Waals surface area contributed by atoms with E-state index in [2.05, 4.69) is 27.6 Å². The molecule has 106 valence electrons. The van der Waals surface area contributed by atoms with Crippen molar-refractivity contribution in [3.8, 4) is 0 Å². The maximum atomic E-state index is 13.1. The van der Waals surface area contributed by atoms with E-state index in [1.54, 1.807) is 6.20 Å². The van der Waals surface area contributed by atoms with Gasteiger partial charge in [0.15, 0.2) is 0 Å². The zero-order valence-corrected chi connectivity index (χ0v) is 11.5. The summed E-state index contributed by atoms with van der Waals surface area (Å²) >= 11 is 0. The van der Waals surface area contributed by atoms with Crippen LogP contribution in [-0.2, 0) is 6.54 Å². The molecule has 1 heterocycles. The molecule has 0 bridgehead atoms. The number of aromatic nitrogens is 2. The van der Waals surface area contributed by atoms with Crippen LogP contribution >= 0.6 is 0 Å². The fraction of sp³-hybridized carbons (Fsp3) is 0.118. The van der Waals surface area contributed by atoms with E-state index in [4.69, 9.17) is 0 Å². The third kappa shape index (κ3) is 3.35. The van der Waals surface area contributed by atoms with Gasteiger partial charge in [0, 0.05) is 18.3 Å². The Hall–Kier alpha value is -2.46. The van der Waals surface area contributed by atoms with Crippen molar-refractivity contribution in [1.82, 2.24) is 15.5 Å². The van der Waals surface area contributed by atoms with Crippen molar-refractivity contribution in [3.63, 3.8) is 0 Å². The molecule has 0 radical (unpaired) electrons. The van der Waals surface area contributed by atoms with E-state index >= 15 is 0 Å². The van der Waals surface area contributed by atoms with Crippen LogP contribution in [0.15, 0.2) is 67.0 Å². The van der Waals surface area contributed by atoms with E-state index in [1.165, 1.54) is 12.1 Å². The third-order valence-electron chi connectivity index (χ3n) is 3.40. The molecule has 1 unspecified atom stereocenters. The van der Waals surface area contributed by atoms with Crippen molar-refractivity contribution in [2.24, 2.45) is 0 Å². The van der Waals surface area contributed by atoms with Gasteiger partial charge in [-0.15, -0.1) is 0 Å². The number of aromatic amines is 1. The minimum Gasteiger partial charge on any atom is -0.302 e. The molecule has 0 saturated carbocycles. The van der Waals surface area contributed by atoms with Crippen LogP contribution in [0.5, 0.6) is 0 Å². The Morgan fingerprint density at radius 2 is 1.71 bits per heavy atom. The minimum absolute atomic E-state index is 0.0155. The highest BCUT2D eigenvalue weighted by atomic mass is 19.1. The van der Waals surface area contributed by atoms with Gasteiger partial charge >= 0.3 is 0 Å². The highest BCUT2D eigenvalue weighted by Crippen LogP contribution is 2.22. The summed E-state index contributed by atoms with van der Waals surface area (Å²) < 4.78 is 13.1. The fourth-order valence-electron chi connectivity index (χ4n) is 2.32. The Kier molecular flexibility index (Phi) is 4.07. The average Bonchev–Trinajstić information content (AvgIpc) is 3.04. The summed E-state index contributed by atoms with van der Waals surface area (Å²) in [6.45, 7) is 0.688. The van der Waals surface area contributed by atoms with Crippen LogP contribution in [0, 0.1) is 5.82 Å². The first-order valence-electron chi connectivity index (χ1n) is 6.84. The quantitative estimate of drug-likeness (QED) is 0.752. The predicted molar refractivity (Wildman–Crippen MR) is 80.1 cm³/mol. The molecule has 21 heavy (non-hydrogen) atoms. The molecule has 0 spiro atoms. The van der Waals surface area contributed by atoms with Gasteiger partial charge < -0.3 is 5.32 Å². The molecule has 1 aromatic heterocycles. The van der Waals surface area contributed by atoms with E-state index in [0.29, 0.717) is 6.54 Å². The van der Waals surface area contributed by atoms with Gasteiger partial charge in [-0.05, 0) is 23.3 Å². The second-order valence-electron chi connectivity index (χ2n) is 4.88. The molecule has 3 nitrogen and oxygen atoms in total. The van der Waals surface area contributed by atoms with Gasteiger partial charge in [0.25, 0.3) is 0 Å². The smallest absolute Gasteiger partial charge is 0.123 e. The predicted octanol–water partition coefficient (Wildman–Crippen LogP) is 3.43. The molecule has 1 atom stereocenters. The van der Waals surface area contributed by atoms with Crippen molar-refractivity contribution in [2.75, 3.05) is 0 Å². The van der Waals surface area contributed by atoms with Crippen LogP contribution in [0.2, 0.25) is 0 Å². The Balaban J connectivity index is 1.85. The van der Waals surface area contributed by atoms with Crippen molar-refractivity contribution in [1.29, 1.82) is 0 Å². The van der Waals surface area contributed by atoms with Crippen molar-refractivity contribution >= 4 is 0 Å². The number of nitrogens with zero attached hydrogens (tertiary/aromatic N) is 1. The van der Waals surface area contributed by atoms with Gasteiger partial charge in [-0.25, -0.2) is 4.39 Å². The van der Waals surface area contributed by atoms with Crippen molar-refractivity contribution < 1.29 is 4.39 Å². The molecule has 0 aliphatic heterocycles. The minimum atomic E-state index is -0.222. The van der Waals surface area contributed by atoms with Gasteiger partial charge in [-0.3, -0.25) is 5.10 Å². The van der Waals surface area contributed by atoms with E-state index in [-0.39, 0.29) is 11.9 Å². The summed E-state index contributed by atoms with van der Waals surface area (Å²) in [4.78, 5) is 0. The molecule has 4 heteroatoms. The summed E-state index contributed by atoms with van der Waals surface area (Å²) in [5, 5.41) is 10.2. The van der Waals surface area contributed by atoms with Gasteiger partial charge in [0.1, 0.15) is 5.82 Å². The number of halogens is 1. The van der Waals surface area contributed by atoms with E-state index in [0.717, 1.165) is 16.7 Å². The highest BCUT2D eigenvalue weighted by Gasteiger charge is 2.13. The first-order chi connectivity index (χ1) is 10.3. The monoisotopic (exact) mass is 281 g/mol. The number of rotatable bonds is 5. The summed E-state index contributed by atoms with van der Waals surface area (Å²) in [6, 6.07) is 16.8. The lowest BCUT2D eigenvalue weighted by atomic mass is 9.98. The first kappa shape index (κ1) is 13.5. The Labute approximate surface area is 122 Å². The highest BCUT2D eigenvalue weighted by molar-refractivity contribution is 5.32. The van der Waals surface area contributed by atoms with Crippen molar-refractivity contribution in [3.05, 3.63) is 89.5 Å². The summed E-state index contributed by atoms with van der Waals surface area (Å²) in [5.41, 5.74) is 3.26. The number of H-pyrrole nitrogens is 1. The second kappa shape index (κ2) is 6.33. The molecule has 0 fully saturated rings. The topological polar surface area (TPSA) is 40.7 Å². The lowest BCUT2D eigenvalue weighted by molar-refractivity contribution is 0.598. The average molecular weight is 281 g/mol. The zero-order valence-electron chi connectivity index (χ0n) is 11.5. The fourth-order valence-corrected chi connectivity index (χ4v) is 2.32. The molecule has 3 aromatic rings. The zero-order chi connectivity index (χ0) is 14.5. The Morgan fingerprint density at radius 1 is 1.00 bits per heavy atom. The molecule has 3 rings (SSSR count). The normalized spacial score (nSPS) is 12.2. The summed E-state index contributed by atoms with van der Waals surface area (Å²) in [6.07, 6.45) is 3.65. The molecule has 2 N–H and O–H groups in total. The van der Waals surface area contributed by atoms with E-state index in [9.17, 15) is 4.39 Å². The summed E-state index contributed by atoms with van der Waals surface area (Å²) in [7, 11) is 0. The third-order valence-corrected chi connectivity index (χ3v) is 3.40. The standard InChI is InChI=1S/C17H16FN3/c18-16-8-6-15(7-9-16)17(14-4-2-1-3-5-14)19-10-13-11-20-21-12-13/h1-9,11-12,17,19H,10H2,(H,20,21). The molecular weight excluding hydrogens is 265 g/mol. The van der Waals surface area contributed by atoms with Crippen molar-refractivity contribution in [2.45, 2.75) is 12.6 Å². The van der Waals surface area contributed by atoms with Gasteiger partial charge in [-0.2, -0.15) is 5.10 Å². The van der Waals surface area contributed by atoms with E-state index in [1.807, 2.05) is 36.5 Å². The van der Waals surface area contributed by atoms with Crippen LogP contribution in [0.25, 0.3) is 0 Å². The lowest BCUT2D eigenvalue weighted by Gasteiger charge is -2.19. The maximum Gasteiger partial charge on any atom is 0.123 e. The second-order valence-corrected chi connectivity index (χ2v) is 4.88. The van der Waals surface area contributed by atoms with Crippen LogP contribution in [0.4, 0.5) is 4.39 Å². The van der Waals surface area contributed by atoms with E-state index < -0.39 is 0 Å². The van der Waals surface area contributed by atoms with Gasteiger partial charge in [0.05, 0.1) is 12.2 Å². The number of benzene rings is 2. The van der Waals surface area contributed by atoms with Gasteiger partial charge in [-0.1, -0.05) is 42.5 Å². The lowest BCUT2D eigenvalue weighted by Crippen LogP contribution is -2.21. The molecule has 0 amide bonds. The summed E-state index contributed by atoms with van der Waals surface area (Å²) in [5.74, 6) is -0.222. The Morgan fingerprint density at radius 3 is 2.38 bits per heavy atom. The molecular formula is C17H16FN3. The van der Waals surface area contributed by atoms with Gasteiger partial charge in [0.2, 0.25) is 0 Å². The largest absolute Gasteiger partial charge is 0.302 e. The number of hydrogen-bond donors (Lipinski definition) is 2. The van der Waals surface area contributed by atoms with Crippen LogP contribution in [0.3, 0.4) is 0 Å². The molecule has 0 aliphatic rings.